The van der Waals surface area contributed by atoms with Gasteiger partial charge in [-0.15, -0.1) is 40.6 Å². The zero-order valence-corrected chi connectivity index (χ0v) is 81.0. The summed E-state index contributed by atoms with van der Waals surface area (Å²) in [6.45, 7) is 34.4. The maximum absolute atomic E-state index is 16.2. The van der Waals surface area contributed by atoms with Gasteiger partial charge >= 0.3 is 46.7 Å². The number of hydroxylamine groups is 4. The molecule has 47 heteroatoms. The van der Waals surface area contributed by atoms with E-state index >= 15 is 8.78 Å². The second-order valence-corrected chi connectivity index (χ2v) is 42.1. The first-order chi connectivity index (χ1) is 61.5. The number of aromatic nitrogens is 6. The number of halogens is 2. The van der Waals surface area contributed by atoms with Crippen LogP contribution >= 0.6 is 22.7 Å². The number of oxime groups is 2. The monoisotopic (exact) mass is 1920 g/mol. The molecule has 4 saturated heterocycles. The number of thiazole rings is 2. The largest absolute Gasteiger partial charge is 0.489 e. The molecule has 0 unspecified atom stereocenters. The lowest BCUT2D eigenvalue weighted by atomic mass is 9.84. The van der Waals surface area contributed by atoms with Gasteiger partial charge in [0.15, 0.2) is 21.7 Å². The van der Waals surface area contributed by atoms with E-state index in [0.29, 0.717) is 71.4 Å². The molecule has 4 aromatic heterocycles. The van der Waals surface area contributed by atoms with Crippen LogP contribution < -0.4 is 51.6 Å². The van der Waals surface area contributed by atoms with E-state index in [1.807, 2.05) is 21.8 Å². The Kier molecular flexibility index (Phi) is 31.2. The topological polar surface area (TPSA) is 497 Å². The van der Waals surface area contributed by atoms with Crippen LogP contribution in [0.4, 0.5) is 38.2 Å². The van der Waals surface area contributed by atoms with Gasteiger partial charge in [0.1, 0.15) is 81.8 Å². The van der Waals surface area contributed by atoms with Crippen LogP contribution in [0.2, 0.25) is 0 Å². The predicted molar refractivity (Wildman–Crippen MR) is 477 cm³/mol. The van der Waals surface area contributed by atoms with Crippen molar-refractivity contribution in [1.29, 1.82) is 0 Å². The van der Waals surface area contributed by atoms with Crippen LogP contribution in [0.5, 0.6) is 11.5 Å². The van der Waals surface area contributed by atoms with Crippen LogP contribution in [0.1, 0.15) is 177 Å². The number of alkyl halides is 2. The van der Waals surface area contributed by atoms with Crippen molar-refractivity contribution in [2.24, 2.45) is 21.8 Å². The normalized spacial score (nSPS) is 17.7. The van der Waals surface area contributed by atoms with Crippen molar-refractivity contribution in [3.05, 3.63) is 95.5 Å². The molecule has 0 bridgehead atoms. The lowest BCUT2D eigenvalue weighted by Gasteiger charge is -2.52. The van der Waals surface area contributed by atoms with Crippen molar-refractivity contribution >= 4 is 115 Å². The summed E-state index contributed by atoms with van der Waals surface area (Å²) in [5.41, 5.74) is -0.278. The number of likely N-dealkylation sites (tertiary alicyclic amines) is 2. The number of amides is 8. The fraction of sp³-hybridized carbons (Fsp3) is 0.581. The molecule has 8 heterocycles. The van der Waals surface area contributed by atoms with E-state index in [0.717, 1.165) is 22.7 Å². The lowest BCUT2D eigenvalue weighted by Crippen LogP contribution is -2.78. The zero-order chi connectivity index (χ0) is 98.5. The van der Waals surface area contributed by atoms with E-state index in [4.69, 9.17) is 67.6 Å². The SMILES string of the molecule is CC(C)(C)OC(=O)Nc1nc(/C(=N/O[C@@H](COc2ccc(-c3cn(CCCN)[n+](CC4(F)CN(C(=O)OC(C)(C)C)C4)c3)cc2)C(=O)OC(C)(C)C)C(=O)N[C@@H]2C(=O)N(OS(=O)(=O)ON3C(=O)[C@@H](NC(=O)/C(=N\O[C@@H](COc4ccc(-c5cn(CCCN)[n+](CC6(F)CN(C(=O)OC(C)(C)C)C6)c5)cc4)C(=O)OC(C)(C)C)c4csc(NC(=O)OC(C)(C)C)n4)C3(C)C)C2(C)C)cs1. The minimum Gasteiger partial charge on any atom is -0.489 e. The molecule has 4 atom stereocenters. The fourth-order valence-electron chi connectivity index (χ4n) is 13.4. The number of carbonyl (C=O) groups excluding carboxylic acids is 10. The van der Waals surface area contributed by atoms with Crippen molar-refractivity contribution in [2.45, 2.75) is 272 Å². The van der Waals surface area contributed by atoms with E-state index in [2.05, 4.69) is 41.5 Å². The molecule has 0 aliphatic carbocycles. The number of carbonyl (C=O) groups is 10. The lowest BCUT2D eigenvalue weighted by molar-refractivity contribution is -0.785. The summed E-state index contributed by atoms with van der Waals surface area (Å²) < 4.78 is 123. The summed E-state index contributed by atoms with van der Waals surface area (Å²) in [6, 6.07) is 9.94. The molecule has 0 saturated carbocycles. The molecular weight excluding hydrogens is 1800 g/mol. The minimum atomic E-state index is -5.54. The number of nitrogens with one attached hydrogen (secondary N) is 4. The third-order valence-electron chi connectivity index (χ3n) is 19.5. The van der Waals surface area contributed by atoms with Crippen molar-refractivity contribution in [2.75, 3.05) is 63.1 Å². The quantitative estimate of drug-likeness (QED) is 0.00536. The van der Waals surface area contributed by atoms with Gasteiger partial charge in [-0.25, -0.2) is 47.5 Å². The van der Waals surface area contributed by atoms with Gasteiger partial charge in [-0.2, -0.15) is 27.9 Å². The van der Waals surface area contributed by atoms with Crippen LogP contribution in [0, 0.1) is 0 Å². The molecule has 4 fully saturated rings. The molecule has 8 amide bonds. The zero-order valence-electron chi connectivity index (χ0n) is 78.6. The van der Waals surface area contributed by atoms with E-state index < -0.39 is 175 Å². The van der Waals surface area contributed by atoms with Crippen molar-refractivity contribution < 1.29 is 131 Å². The second-order valence-electron chi connectivity index (χ2n) is 39.3. The van der Waals surface area contributed by atoms with Crippen LogP contribution in [-0.4, -0.2) is 252 Å². The molecule has 728 valence electrons. The number of β-lactam (4-membered cyclic amide) rings is 2. The molecule has 4 aliphatic rings. The number of nitrogens with two attached hydrogens (primary N) is 2. The number of anilines is 2. The maximum Gasteiger partial charge on any atom is 0.442 e. The molecule has 10 rings (SSSR count). The Balaban J connectivity index is 0.821. The van der Waals surface area contributed by atoms with Crippen LogP contribution in [-0.2, 0) is 112 Å². The number of rotatable bonds is 36. The van der Waals surface area contributed by atoms with Gasteiger partial charge in [-0.1, -0.05) is 34.6 Å². The number of nitrogens with zero attached hydrogens (tertiary/aromatic N) is 12. The summed E-state index contributed by atoms with van der Waals surface area (Å²) in [4.78, 5) is 160. The smallest absolute Gasteiger partial charge is 0.442 e. The Morgan fingerprint density at radius 3 is 1.13 bits per heavy atom. The standard InChI is InChI=1S/C86H118F2N18O24S3/c1-77(2,3)121-69(111)59(41-119-55-29-25-51(26-30-55)53-37-101(35-23-33-89)103(39-53)49-85(87)45-99(46-85)75(115)125-81(13,14)15)127-97-61(57-43-131-71(91-57)95-73(113)123-79(7,8)9)65(107)93-63-67(109)105(83(63,19)20)129-133(117,118)130-106-68(110)64(84(106,21)22)94-66(108)62(58-44-132-72(92-58)96-74(114)124-80(10,11)12)98-128-60(70(112)122-78(4,5)6)42-120-56-31-27-52(28-32-56)54-38-102(36-24-34-90)104(40-54)50-86(88)47-100(48-86)76(116)126-82(16,17)18/h25-32,37-40,43-44,59-60,63-64H,23-24,33-36,41-42,45-50,89-90H2,1-22H3,(H2-2,91,92,93,94,95,96,107,108,113,114)/p+2/b97-61-,98-62-/t59-,60-,63+,64+/m0/s1. The van der Waals surface area contributed by atoms with Gasteiger partial charge in [0, 0.05) is 10.8 Å². The first-order valence-electron chi connectivity index (χ1n) is 42.7. The highest BCUT2D eigenvalue weighted by atomic mass is 32.3. The molecule has 8 N–H and O–H groups in total. The highest BCUT2D eigenvalue weighted by molar-refractivity contribution is 7.81. The number of ether oxygens (including phenoxy) is 8. The van der Waals surface area contributed by atoms with E-state index in [-0.39, 0.29) is 72.4 Å². The third-order valence-corrected chi connectivity index (χ3v) is 21.7. The van der Waals surface area contributed by atoms with Gasteiger partial charge in [-0.3, -0.25) is 29.8 Å². The fourth-order valence-corrected chi connectivity index (χ4v) is 15.7. The minimum absolute atomic E-state index is 0.0762. The van der Waals surface area contributed by atoms with Crippen LogP contribution in [0.25, 0.3) is 22.3 Å². The number of hydrogen-bond donors (Lipinski definition) is 6. The third kappa shape index (κ3) is 28.2. The Labute approximate surface area is 777 Å². The Morgan fingerprint density at radius 1 is 0.504 bits per heavy atom. The number of aryl methyl sites for hydroxylation is 2. The Bertz CT molecular complexity index is 5130. The molecule has 4 aliphatic heterocycles. The molecule has 2 aromatic carbocycles. The first kappa shape index (κ1) is 103. The van der Waals surface area contributed by atoms with Crippen molar-refractivity contribution in [1.82, 2.24) is 49.9 Å². The van der Waals surface area contributed by atoms with Crippen LogP contribution in [0.15, 0.2) is 94.4 Å². The number of esters is 2. The van der Waals surface area contributed by atoms with Gasteiger partial charge in [0.05, 0.1) is 73.9 Å². The highest BCUT2D eigenvalue weighted by Gasteiger charge is 2.62. The molecular formula is C86H120F2N18O24S3+2. The number of hydrogen-bond acceptors (Lipinski definition) is 32. The average Bonchev–Trinajstić information content (AvgIpc) is 0.867. The molecule has 6 aromatic rings. The number of benzene rings is 2. The summed E-state index contributed by atoms with van der Waals surface area (Å²) in [6.07, 6.45) is 1.80. The van der Waals surface area contributed by atoms with Crippen molar-refractivity contribution in [3.63, 3.8) is 0 Å². The molecule has 0 spiro atoms. The van der Waals surface area contributed by atoms with E-state index in [9.17, 15) is 56.4 Å². The first-order valence-corrected chi connectivity index (χ1v) is 45.8. The van der Waals surface area contributed by atoms with E-state index in [1.165, 1.54) is 48.3 Å². The predicted octanol–water partition coefficient (Wildman–Crippen LogP) is 8.46. The van der Waals surface area contributed by atoms with Gasteiger partial charge in [0.25, 0.3) is 35.8 Å². The Hall–Kier alpha value is -11.8. The average molecular weight is 1920 g/mol. The molecule has 42 nitrogen and oxygen atoms in total. The van der Waals surface area contributed by atoms with Crippen molar-refractivity contribution in [3.8, 4) is 33.8 Å². The second kappa shape index (κ2) is 40.2. The molecule has 0 radical (unpaired) electrons. The molecule has 133 heavy (non-hydrogen) atoms. The Morgan fingerprint density at radius 2 is 0.827 bits per heavy atom. The highest BCUT2D eigenvalue weighted by Crippen LogP contribution is 2.39. The maximum atomic E-state index is 16.2. The van der Waals surface area contributed by atoms with Gasteiger partial charge < -0.3 is 79.5 Å². The van der Waals surface area contributed by atoms with Gasteiger partial charge in [-0.05, 0) is 214 Å². The summed E-state index contributed by atoms with van der Waals surface area (Å²) in [5.74, 6) is -6.44. The van der Waals surface area contributed by atoms with Gasteiger partial charge in [0.2, 0.25) is 36.8 Å². The van der Waals surface area contributed by atoms with Crippen LogP contribution in [0.3, 0.4) is 0 Å². The summed E-state index contributed by atoms with van der Waals surface area (Å²) >= 11 is 1.62. The van der Waals surface area contributed by atoms with E-state index in [1.54, 1.807) is 195 Å². The summed E-state index contributed by atoms with van der Waals surface area (Å²) in [7, 11) is -5.54. The summed E-state index contributed by atoms with van der Waals surface area (Å²) in [5, 5.41) is 21.1.